The van der Waals surface area contributed by atoms with Gasteiger partial charge in [-0.3, -0.25) is 4.79 Å². The van der Waals surface area contributed by atoms with Crippen molar-refractivity contribution in [2.24, 2.45) is 11.8 Å². The molecule has 1 saturated heterocycles. The average Bonchev–Trinajstić information content (AvgIpc) is 3.02. The van der Waals surface area contributed by atoms with E-state index in [-0.39, 0.29) is 11.2 Å². The molecule has 0 N–H and O–H groups in total. The number of hydrogen-bond donors (Lipinski definition) is 0. The number of nitrogens with zero attached hydrogens (tertiary/aromatic N) is 5. The fourth-order valence-corrected chi connectivity index (χ4v) is 4.32. The maximum atomic E-state index is 12.8. The third-order valence-corrected chi connectivity index (χ3v) is 5.60. The topological polar surface area (TPSA) is 63.9 Å². The average molecular weight is 380 g/mol. The second kappa shape index (κ2) is 7.74. The lowest BCUT2D eigenvalue weighted by Gasteiger charge is -2.36. The van der Waals surface area contributed by atoms with Gasteiger partial charge in [-0.05, 0) is 59.9 Å². The highest BCUT2D eigenvalue weighted by molar-refractivity contribution is 8.00. The molecule has 1 aromatic heterocycles. The number of hydrogen-bond acceptors (Lipinski definition) is 5. The summed E-state index contributed by atoms with van der Waals surface area (Å²) in [5.74, 6) is 1.24. The van der Waals surface area contributed by atoms with Gasteiger partial charge in [0.1, 0.15) is 0 Å². The van der Waals surface area contributed by atoms with Crippen LogP contribution in [0.3, 0.4) is 0 Å². The quantitative estimate of drug-likeness (QED) is 0.762. The minimum absolute atomic E-state index is 0.147. The molecule has 0 bridgehead atoms. The van der Waals surface area contributed by atoms with Crippen molar-refractivity contribution in [1.29, 1.82) is 0 Å². The molecular formula is C17H22ClN5OS. The second-order valence-corrected chi connectivity index (χ2v) is 8.54. The first-order chi connectivity index (χ1) is 11.9. The largest absolute Gasteiger partial charge is 0.341 e. The van der Waals surface area contributed by atoms with Gasteiger partial charge in [0.25, 0.3) is 0 Å². The number of benzene rings is 1. The van der Waals surface area contributed by atoms with E-state index >= 15 is 0 Å². The number of tetrazole rings is 1. The number of amides is 1. The van der Waals surface area contributed by atoms with Crippen LogP contribution in [-0.2, 0) is 4.79 Å². The lowest BCUT2D eigenvalue weighted by molar-refractivity contribution is -0.132. The normalized spacial score (nSPS) is 22.0. The number of halogens is 1. The molecule has 3 atom stereocenters. The Morgan fingerprint density at radius 1 is 1.24 bits per heavy atom. The van der Waals surface area contributed by atoms with Crippen molar-refractivity contribution >= 4 is 29.3 Å². The predicted octanol–water partition coefficient (Wildman–Crippen LogP) is 3.30. The van der Waals surface area contributed by atoms with Crippen LogP contribution >= 0.6 is 23.4 Å². The fourth-order valence-electron chi connectivity index (χ4n) is 3.31. The molecule has 1 aromatic carbocycles. The molecule has 1 aliphatic heterocycles. The van der Waals surface area contributed by atoms with Gasteiger partial charge in [0.15, 0.2) is 0 Å². The van der Waals surface area contributed by atoms with Crippen LogP contribution in [0.15, 0.2) is 29.4 Å². The summed E-state index contributed by atoms with van der Waals surface area (Å²) in [6.07, 6.45) is 1.18. The Labute approximate surface area is 156 Å². The maximum Gasteiger partial charge on any atom is 0.235 e. The van der Waals surface area contributed by atoms with Crippen molar-refractivity contribution in [2.45, 2.75) is 37.6 Å². The van der Waals surface area contributed by atoms with Crippen molar-refractivity contribution in [3.8, 4) is 5.69 Å². The van der Waals surface area contributed by atoms with E-state index in [9.17, 15) is 4.79 Å². The van der Waals surface area contributed by atoms with Gasteiger partial charge in [-0.1, -0.05) is 37.2 Å². The van der Waals surface area contributed by atoms with E-state index < -0.39 is 0 Å². The lowest BCUT2D eigenvalue weighted by atomic mass is 9.92. The lowest BCUT2D eigenvalue weighted by Crippen LogP contribution is -2.45. The highest BCUT2D eigenvalue weighted by atomic mass is 35.5. The van der Waals surface area contributed by atoms with Crippen LogP contribution < -0.4 is 0 Å². The number of rotatable bonds is 4. The molecule has 0 saturated carbocycles. The van der Waals surface area contributed by atoms with Gasteiger partial charge in [0.05, 0.1) is 10.9 Å². The molecule has 0 aliphatic carbocycles. The Morgan fingerprint density at radius 3 is 2.52 bits per heavy atom. The van der Waals surface area contributed by atoms with E-state index in [1.165, 1.54) is 18.2 Å². The minimum Gasteiger partial charge on any atom is -0.341 e. The summed E-state index contributed by atoms with van der Waals surface area (Å²) in [7, 11) is 0. The molecule has 1 fully saturated rings. The third kappa shape index (κ3) is 4.33. The summed E-state index contributed by atoms with van der Waals surface area (Å²) in [5.41, 5.74) is 0.816. The van der Waals surface area contributed by atoms with Crippen LogP contribution in [0, 0.1) is 11.8 Å². The smallest absolute Gasteiger partial charge is 0.235 e. The second-order valence-electron chi connectivity index (χ2n) is 6.80. The summed E-state index contributed by atoms with van der Waals surface area (Å²) in [6, 6.07) is 7.28. The van der Waals surface area contributed by atoms with Gasteiger partial charge in [-0.15, -0.1) is 5.10 Å². The van der Waals surface area contributed by atoms with Crippen molar-refractivity contribution in [3.63, 3.8) is 0 Å². The first-order valence-corrected chi connectivity index (χ1v) is 9.69. The fraction of sp³-hybridized carbons (Fsp3) is 0.529. The van der Waals surface area contributed by atoms with Crippen molar-refractivity contribution in [3.05, 3.63) is 29.3 Å². The molecule has 25 heavy (non-hydrogen) atoms. The number of thioether (sulfide) groups is 1. The van der Waals surface area contributed by atoms with E-state index in [1.807, 2.05) is 24.0 Å². The number of carbonyl (C=O) groups is 1. The standard InChI is InChI=1S/C17H22ClN5OS/c1-11-8-12(2)10-22(9-11)16(24)13(3)25-17-19-20-21-23(17)15-6-4-14(18)5-7-15/h4-7,11-13H,8-10H2,1-3H3/t11-,12-,13+/m1/s1. The van der Waals surface area contributed by atoms with Gasteiger partial charge < -0.3 is 4.90 Å². The summed E-state index contributed by atoms with van der Waals surface area (Å²) in [5, 5.41) is 12.9. The van der Waals surface area contributed by atoms with Crippen molar-refractivity contribution < 1.29 is 4.79 Å². The van der Waals surface area contributed by atoms with E-state index in [1.54, 1.807) is 16.8 Å². The molecule has 134 valence electrons. The highest BCUT2D eigenvalue weighted by Gasteiger charge is 2.29. The molecule has 2 aromatic rings. The van der Waals surface area contributed by atoms with Crippen LogP contribution in [0.5, 0.6) is 0 Å². The Balaban J connectivity index is 1.71. The molecular weight excluding hydrogens is 358 g/mol. The Hall–Kier alpha value is -1.60. The van der Waals surface area contributed by atoms with Crippen LogP contribution in [0.2, 0.25) is 5.02 Å². The Morgan fingerprint density at radius 2 is 1.88 bits per heavy atom. The third-order valence-electron chi connectivity index (χ3n) is 4.32. The molecule has 8 heteroatoms. The zero-order valence-electron chi connectivity index (χ0n) is 14.6. The summed E-state index contributed by atoms with van der Waals surface area (Å²) in [4.78, 5) is 14.8. The monoisotopic (exact) mass is 379 g/mol. The van der Waals surface area contributed by atoms with Crippen LogP contribution in [0.1, 0.15) is 27.2 Å². The Kier molecular flexibility index (Phi) is 5.64. The molecule has 2 heterocycles. The summed E-state index contributed by atoms with van der Waals surface area (Å²) < 4.78 is 1.63. The zero-order chi connectivity index (χ0) is 18.0. The first kappa shape index (κ1) is 18.2. The number of likely N-dealkylation sites (tertiary alicyclic amines) is 1. The number of aromatic nitrogens is 4. The molecule has 6 nitrogen and oxygen atoms in total. The summed E-state index contributed by atoms with van der Waals surface area (Å²) >= 11 is 7.31. The van der Waals surface area contributed by atoms with Gasteiger partial charge >= 0.3 is 0 Å². The van der Waals surface area contributed by atoms with E-state index in [0.717, 1.165) is 18.8 Å². The van der Waals surface area contributed by atoms with Gasteiger partial charge in [-0.2, -0.15) is 4.68 Å². The SMILES string of the molecule is C[C@@H]1C[C@@H](C)CN(C(=O)[C@H](C)Sc2nnnn2-c2ccc(Cl)cc2)C1. The predicted molar refractivity (Wildman–Crippen MR) is 99.0 cm³/mol. The molecule has 0 unspecified atom stereocenters. The molecule has 0 spiro atoms. The van der Waals surface area contributed by atoms with E-state index in [2.05, 4.69) is 29.4 Å². The molecule has 1 aliphatic rings. The van der Waals surface area contributed by atoms with Crippen molar-refractivity contribution in [2.75, 3.05) is 13.1 Å². The van der Waals surface area contributed by atoms with E-state index in [4.69, 9.17) is 11.6 Å². The van der Waals surface area contributed by atoms with Gasteiger partial charge in [-0.25, -0.2) is 0 Å². The number of carbonyl (C=O) groups excluding carboxylic acids is 1. The van der Waals surface area contributed by atoms with Gasteiger partial charge in [0, 0.05) is 18.1 Å². The van der Waals surface area contributed by atoms with Crippen LogP contribution in [-0.4, -0.2) is 49.4 Å². The molecule has 1 amide bonds. The van der Waals surface area contributed by atoms with Gasteiger partial charge in [0.2, 0.25) is 11.1 Å². The van der Waals surface area contributed by atoms with Crippen molar-refractivity contribution in [1.82, 2.24) is 25.1 Å². The highest BCUT2D eigenvalue weighted by Crippen LogP contribution is 2.27. The maximum absolute atomic E-state index is 12.8. The molecule has 3 rings (SSSR count). The minimum atomic E-state index is -0.241. The molecule has 0 radical (unpaired) electrons. The van der Waals surface area contributed by atoms with E-state index in [0.29, 0.717) is 22.0 Å². The van der Waals surface area contributed by atoms with Crippen LogP contribution in [0.25, 0.3) is 5.69 Å². The van der Waals surface area contributed by atoms with Crippen LogP contribution in [0.4, 0.5) is 0 Å². The zero-order valence-corrected chi connectivity index (χ0v) is 16.2. The summed E-state index contributed by atoms with van der Waals surface area (Å²) in [6.45, 7) is 7.98. The Bertz CT molecular complexity index is 725. The number of piperidine rings is 1. The first-order valence-electron chi connectivity index (χ1n) is 8.43.